The first-order valence-corrected chi connectivity index (χ1v) is 7.40. The topological polar surface area (TPSA) is 82.9 Å². The van der Waals surface area contributed by atoms with Gasteiger partial charge in [0.1, 0.15) is 0 Å². The smallest absolute Gasteiger partial charge is 0.240 e. The van der Waals surface area contributed by atoms with Crippen LogP contribution in [0.15, 0.2) is 10.2 Å². The lowest BCUT2D eigenvalue weighted by Gasteiger charge is -2.06. The van der Waals surface area contributed by atoms with E-state index in [0.29, 0.717) is 18.3 Å². The Labute approximate surface area is 127 Å². The van der Waals surface area contributed by atoms with Gasteiger partial charge in [-0.05, 0) is 32.1 Å². The number of hydrogen-bond donors (Lipinski definition) is 2. The molecule has 6 nitrogen and oxygen atoms in total. The summed E-state index contributed by atoms with van der Waals surface area (Å²) < 4.78 is 0. The molecule has 21 heavy (non-hydrogen) atoms. The third-order valence-corrected chi connectivity index (χ3v) is 3.19. The highest BCUT2D eigenvalue weighted by Gasteiger charge is 2.06. The number of hydrogen-bond acceptors (Lipinski definition) is 4. The number of hydrazone groups is 2. The zero-order valence-corrected chi connectivity index (χ0v) is 14.0. The Balaban J connectivity index is 3.94. The second-order valence-corrected chi connectivity index (χ2v) is 5.74. The summed E-state index contributed by atoms with van der Waals surface area (Å²) in [5.74, 6) is 0.255. The maximum atomic E-state index is 11.5. The summed E-state index contributed by atoms with van der Waals surface area (Å²) >= 11 is 0. The molecule has 6 heteroatoms. The van der Waals surface area contributed by atoms with Crippen LogP contribution in [0.2, 0.25) is 0 Å². The molecule has 0 spiro atoms. The average Bonchev–Trinajstić information content (AvgIpc) is 2.41. The molecule has 0 saturated carbocycles. The van der Waals surface area contributed by atoms with E-state index in [2.05, 4.69) is 21.1 Å². The minimum atomic E-state index is -0.176. The molecule has 0 aromatic carbocycles. The van der Waals surface area contributed by atoms with Crippen molar-refractivity contribution in [1.29, 1.82) is 0 Å². The normalized spacial score (nSPS) is 12.8. The van der Waals surface area contributed by atoms with Gasteiger partial charge >= 0.3 is 0 Å². The first-order chi connectivity index (χ1) is 9.73. The van der Waals surface area contributed by atoms with Crippen molar-refractivity contribution >= 4 is 23.2 Å². The summed E-state index contributed by atoms with van der Waals surface area (Å²) in [6.07, 6.45) is 1.02. The zero-order valence-electron chi connectivity index (χ0n) is 14.0. The van der Waals surface area contributed by atoms with Gasteiger partial charge in [-0.1, -0.05) is 27.7 Å². The Morgan fingerprint density at radius 3 is 1.43 bits per heavy atom. The van der Waals surface area contributed by atoms with E-state index in [1.54, 1.807) is 0 Å². The summed E-state index contributed by atoms with van der Waals surface area (Å²) in [5.41, 5.74) is 6.73. The summed E-state index contributed by atoms with van der Waals surface area (Å²) in [6.45, 7) is 11.8. The Morgan fingerprint density at radius 2 is 1.14 bits per heavy atom. The first-order valence-electron chi connectivity index (χ1n) is 7.40. The molecule has 0 aromatic heterocycles. The number of carbonyl (C=O) groups excluding carboxylic acids is 2. The van der Waals surface area contributed by atoms with E-state index in [1.165, 1.54) is 0 Å². The van der Waals surface area contributed by atoms with Crippen LogP contribution in [0.3, 0.4) is 0 Å². The summed E-state index contributed by atoms with van der Waals surface area (Å²) in [5, 5.41) is 7.99. The van der Waals surface area contributed by atoms with Crippen molar-refractivity contribution in [3.8, 4) is 0 Å². The van der Waals surface area contributed by atoms with Crippen molar-refractivity contribution in [2.75, 3.05) is 0 Å². The van der Waals surface area contributed by atoms with Crippen molar-refractivity contribution in [1.82, 2.24) is 10.9 Å². The molecule has 0 rings (SSSR count). The van der Waals surface area contributed by atoms with Gasteiger partial charge in [-0.3, -0.25) is 9.59 Å². The van der Waals surface area contributed by atoms with Gasteiger partial charge in [0.25, 0.3) is 0 Å². The van der Waals surface area contributed by atoms with Gasteiger partial charge in [0, 0.05) is 24.3 Å². The van der Waals surface area contributed by atoms with Crippen molar-refractivity contribution in [3.63, 3.8) is 0 Å². The average molecular weight is 296 g/mol. The third kappa shape index (κ3) is 9.76. The van der Waals surface area contributed by atoms with Crippen LogP contribution < -0.4 is 10.9 Å². The molecule has 0 atom stereocenters. The van der Waals surface area contributed by atoms with Crippen molar-refractivity contribution < 1.29 is 9.59 Å². The molecule has 0 heterocycles. The van der Waals surface area contributed by atoms with Gasteiger partial charge < -0.3 is 0 Å². The van der Waals surface area contributed by atoms with E-state index in [-0.39, 0.29) is 24.7 Å². The number of carbonyl (C=O) groups is 2. The van der Waals surface area contributed by atoms with Gasteiger partial charge in [0.2, 0.25) is 11.8 Å². The summed E-state index contributed by atoms with van der Waals surface area (Å²) in [6, 6.07) is 0. The molecule has 0 bridgehead atoms. The maximum Gasteiger partial charge on any atom is 0.240 e. The minimum Gasteiger partial charge on any atom is -0.273 e. The van der Waals surface area contributed by atoms with Gasteiger partial charge in [0.05, 0.1) is 0 Å². The Kier molecular flexibility index (Phi) is 9.25. The fourth-order valence-electron chi connectivity index (χ4n) is 1.08. The third-order valence-electron chi connectivity index (χ3n) is 3.19. The molecule has 0 unspecified atom stereocenters. The molecule has 0 radical (unpaired) electrons. The van der Waals surface area contributed by atoms with Crippen LogP contribution in [-0.4, -0.2) is 23.2 Å². The lowest BCUT2D eigenvalue weighted by molar-refractivity contribution is -0.122. The lowest BCUT2D eigenvalue weighted by Crippen LogP contribution is -2.22. The van der Waals surface area contributed by atoms with E-state index in [9.17, 15) is 9.59 Å². The molecule has 0 aliphatic heterocycles. The fraction of sp³-hybridized carbons (Fsp3) is 0.733. The van der Waals surface area contributed by atoms with Crippen molar-refractivity contribution in [2.45, 2.75) is 60.8 Å². The first kappa shape index (κ1) is 19.3. The van der Waals surface area contributed by atoms with E-state index in [1.807, 2.05) is 41.5 Å². The highest BCUT2D eigenvalue weighted by molar-refractivity contribution is 5.86. The lowest BCUT2D eigenvalue weighted by atomic mass is 10.1. The summed E-state index contributed by atoms with van der Waals surface area (Å²) in [4.78, 5) is 23.1. The molecule has 2 N–H and O–H groups in total. The molecular weight excluding hydrogens is 268 g/mol. The molecule has 0 fully saturated rings. The van der Waals surface area contributed by atoms with Gasteiger partial charge in [-0.15, -0.1) is 0 Å². The summed E-state index contributed by atoms with van der Waals surface area (Å²) in [7, 11) is 0. The second-order valence-electron chi connectivity index (χ2n) is 5.74. The Morgan fingerprint density at radius 1 is 0.810 bits per heavy atom. The van der Waals surface area contributed by atoms with E-state index in [4.69, 9.17) is 0 Å². The number of nitrogens with one attached hydrogen (secondary N) is 2. The second kappa shape index (κ2) is 10.1. The molecule has 120 valence electrons. The van der Waals surface area contributed by atoms with Crippen LogP contribution in [0.4, 0.5) is 0 Å². The zero-order chi connectivity index (χ0) is 16.4. The van der Waals surface area contributed by atoms with E-state index in [0.717, 1.165) is 11.4 Å². The monoisotopic (exact) mass is 296 g/mol. The standard InChI is InChI=1S/C15H28N4O2/c1-10(2)12(5)16-18-14(20)8-7-9-15(21)19-17-13(6)11(3)4/h10-11H,7-9H2,1-6H3,(H,18,20)(H,19,21). The highest BCUT2D eigenvalue weighted by Crippen LogP contribution is 1.98. The fourth-order valence-corrected chi connectivity index (χ4v) is 1.08. The molecule has 0 aromatic rings. The van der Waals surface area contributed by atoms with Crippen molar-refractivity contribution in [2.24, 2.45) is 22.0 Å². The minimum absolute atomic E-state index is 0.176. The van der Waals surface area contributed by atoms with E-state index >= 15 is 0 Å². The molecule has 0 aliphatic carbocycles. The predicted molar refractivity (Wildman–Crippen MR) is 86.0 cm³/mol. The van der Waals surface area contributed by atoms with Crippen molar-refractivity contribution in [3.05, 3.63) is 0 Å². The SMILES string of the molecule is CC(=NNC(=O)CCCC(=O)NN=C(C)C(C)C)C(C)C. The quantitative estimate of drug-likeness (QED) is 0.532. The Bertz CT molecular complexity index is 374. The largest absolute Gasteiger partial charge is 0.273 e. The van der Waals surface area contributed by atoms with Crippen LogP contribution >= 0.6 is 0 Å². The molecule has 0 aliphatic rings. The highest BCUT2D eigenvalue weighted by atomic mass is 16.2. The van der Waals surface area contributed by atoms with Crippen LogP contribution in [0.1, 0.15) is 60.8 Å². The molecular formula is C15H28N4O2. The molecule has 0 saturated heterocycles. The van der Waals surface area contributed by atoms with Crippen LogP contribution in [0.5, 0.6) is 0 Å². The Hall–Kier alpha value is -1.72. The maximum absolute atomic E-state index is 11.5. The van der Waals surface area contributed by atoms with Gasteiger partial charge in [0.15, 0.2) is 0 Å². The van der Waals surface area contributed by atoms with Gasteiger partial charge in [-0.2, -0.15) is 10.2 Å². The number of nitrogens with zero attached hydrogens (tertiary/aromatic N) is 2. The van der Waals surface area contributed by atoms with E-state index < -0.39 is 0 Å². The predicted octanol–water partition coefficient (Wildman–Crippen LogP) is 2.45. The number of amides is 2. The van der Waals surface area contributed by atoms with Crippen LogP contribution in [-0.2, 0) is 9.59 Å². The van der Waals surface area contributed by atoms with Gasteiger partial charge in [-0.25, -0.2) is 10.9 Å². The number of rotatable bonds is 8. The molecule has 2 amide bonds. The van der Waals surface area contributed by atoms with Crippen LogP contribution in [0.25, 0.3) is 0 Å². The van der Waals surface area contributed by atoms with Crippen LogP contribution in [0, 0.1) is 11.8 Å².